The third-order valence-corrected chi connectivity index (χ3v) is 8.24. The van der Waals surface area contributed by atoms with E-state index in [4.69, 9.17) is 37.5 Å². The average Bonchev–Trinajstić information content (AvgIpc) is 3.56. The number of nitrogens with zero attached hydrogens (tertiary/aromatic N) is 4. The van der Waals surface area contributed by atoms with Crippen molar-refractivity contribution in [2.75, 3.05) is 36.0 Å². The van der Waals surface area contributed by atoms with Crippen LogP contribution in [0.4, 0.5) is 11.5 Å². The molecular weight excluding hydrogens is 498 g/mol. The zero-order valence-electron chi connectivity index (χ0n) is 20.0. The summed E-state index contributed by atoms with van der Waals surface area (Å²) in [5.74, 6) is 0.802. The van der Waals surface area contributed by atoms with Gasteiger partial charge in [0.25, 0.3) is 0 Å². The Bertz CT molecular complexity index is 1520. The van der Waals surface area contributed by atoms with Crippen LogP contribution in [-0.4, -0.2) is 53.2 Å². The largest absolute Gasteiger partial charge is 0.423 e. The Morgan fingerprint density at radius 3 is 2.58 bits per heavy atom. The number of anilines is 2. The first kappa shape index (κ1) is 23.6. The lowest BCUT2D eigenvalue weighted by molar-refractivity contribution is 0.560. The minimum atomic E-state index is -0.376. The number of nitrogens with one attached hydrogen (secondary N) is 1. The van der Waals surface area contributed by atoms with Crippen LogP contribution in [0.5, 0.6) is 0 Å². The molecule has 4 aromatic rings. The van der Waals surface area contributed by atoms with Crippen LogP contribution in [0.3, 0.4) is 0 Å². The van der Waals surface area contributed by atoms with E-state index < -0.39 is 0 Å². The summed E-state index contributed by atoms with van der Waals surface area (Å²) >= 11 is 8.14. The predicted molar refractivity (Wildman–Crippen MR) is 144 cm³/mol. The van der Waals surface area contributed by atoms with Gasteiger partial charge in [0, 0.05) is 60.3 Å². The number of rotatable bonds is 5. The number of hydrogen-bond donors (Lipinski definition) is 3. The van der Waals surface area contributed by atoms with Gasteiger partial charge in [0.05, 0.1) is 16.1 Å². The van der Waals surface area contributed by atoms with Crippen LogP contribution in [-0.2, 0) is 6.42 Å². The molecule has 2 fully saturated rings. The Morgan fingerprint density at radius 2 is 1.89 bits per heavy atom. The summed E-state index contributed by atoms with van der Waals surface area (Å²) in [6.07, 6.45) is 2.58. The van der Waals surface area contributed by atoms with Gasteiger partial charge in [0.1, 0.15) is 17.0 Å². The molecule has 6 rings (SSSR count). The van der Waals surface area contributed by atoms with Crippen molar-refractivity contribution in [3.63, 3.8) is 0 Å². The second-order valence-corrected chi connectivity index (χ2v) is 10.9. The van der Waals surface area contributed by atoms with Gasteiger partial charge in [-0.3, -0.25) is 0 Å². The van der Waals surface area contributed by atoms with E-state index in [1.165, 1.54) is 11.8 Å². The lowest BCUT2D eigenvalue weighted by atomic mass is 10.2. The molecule has 188 valence electrons. The Labute approximate surface area is 217 Å². The predicted octanol–water partition coefficient (Wildman–Crippen LogP) is 3.51. The van der Waals surface area contributed by atoms with Crippen LogP contribution in [0.1, 0.15) is 25.5 Å². The number of aryl methyl sites for hydroxylation is 1. The first-order valence-corrected chi connectivity index (χ1v) is 13.4. The molecule has 2 atom stereocenters. The molecule has 1 aromatic carbocycles. The fourth-order valence-corrected chi connectivity index (χ4v) is 6.27. The maximum Gasteiger partial charge on any atom is 0.338 e. The highest BCUT2D eigenvalue weighted by atomic mass is 35.5. The molecule has 0 unspecified atom stereocenters. The SMILES string of the molecule is CCc1[nH]c2nc(Sc3ccc4c(N5CC[C@@H](N)C5)cc(=O)oc4c3)nc(N3CC[C@@H](N)C3)c2c1Cl. The molecule has 3 aromatic heterocycles. The number of fused-ring (bicyclic) bond motifs is 2. The third-order valence-electron chi connectivity index (χ3n) is 6.97. The summed E-state index contributed by atoms with van der Waals surface area (Å²) < 4.78 is 5.57. The number of halogens is 1. The maximum absolute atomic E-state index is 12.4. The molecule has 2 aliphatic heterocycles. The summed E-state index contributed by atoms with van der Waals surface area (Å²) in [4.78, 5) is 30.6. The standard InChI is InChI=1S/C25H28ClN7O2S/c1-2-17-22(26)21-23(29-17)30-25(31-24(21)33-8-6-14(28)12-33)36-15-3-4-16-18(32-7-5-13(27)11-32)10-20(34)35-19(16)9-15/h3-4,9-10,13-14H,2,5-8,11-12,27-28H2,1H3,(H,29,30,31)/t13-,14-/m1/s1. The van der Waals surface area contributed by atoms with Crippen molar-refractivity contribution in [2.45, 2.75) is 48.3 Å². The van der Waals surface area contributed by atoms with Crippen molar-refractivity contribution in [1.82, 2.24) is 15.0 Å². The molecule has 2 saturated heterocycles. The molecule has 9 nitrogen and oxygen atoms in total. The van der Waals surface area contributed by atoms with E-state index in [-0.39, 0.29) is 17.7 Å². The Morgan fingerprint density at radius 1 is 1.14 bits per heavy atom. The van der Waals surface area contributed by atoms with E-state index >= 15 is 0 Å². The van der Waals surface area contributed by atoms with Crippen molar-refractivity contribution in [2.24, 2.45) is 11.5 Å². The van der Waals surface area contributed by atoms with Crippen LogP contribution in [0.15, 0.2) is 43.5 Å². The quantitative estimate of drug-likeness (QED) is 0.264. The highest BCUT2D eigenvalue weighted by molar-refractivity contribution is 7.99. The van der Waals surface area contributed by atoms with Crippen molar-refractivity contribution < 1.29 is 4.42 Å². The van der Waals surface area contributed by atoms with E-state index in [9.17, 15) is 4.79 Å². The fraction of sp³-hybridized carbons (Fsp3) is 0.400. The molecule has 0 aliphatic carbocycles. The zero-order chi connectivity index (χ0) is 25.0. The number of aromatic nitrogens is 3. The Hall–Kier alpha value is -2.79. The summed E-state index contributed by atoms with van der Waals surface area (Å²) in [6, 6.07) is 7.64. The fourth-order valence-electron chi connectivity index (χ4n) is 5.13. The Balaban J connectivity index is 1.39. The second-order valence-electron chi connectivity index (χ2n) is 9.52. The van der Waals surface area contributed by atoms with Crippen LogP contribution in [0, 0.1) is 0 Å². The third kappa shape index (κ3) is 4.21. The van der Waals surface area contributed by atoms with Crippen LogP contribution >= 0.6 is 23.4 Å². The molecular formula is C25H28ClN7O2S. The van der Waals surface area contributed by atoms with Gasteiger partial charge in [-0.1, -0.05) is 18.5 Å². The van der Waals surface area contributed by atoms with Gasteiger partial charge in [-0.05, 0) is 49.2 Å². The summed E-state index contributed by atoms with van der Waals surface area (Å²) in [5.41, 5.74) is 15.0. The van der Waals surface area contributed by atoms with E-state index in [1.807, 2.05) is 18.2 Å². The van der Waals surface area contributed by atoms with Gasteiger partial charge in [-0.15, -0.1) is 0 Å². The molecule has 5 N–H and O–H groups in total. The smallest absolute Gasteiger partial charge is 0.338 e. The van der Waals surface area contributed by atoms with E-state index in [2.05, 4.69) is 21.7 Å². The molecule has 0 radical (unpaired) electrons. The van der Waals surface area contributed by atoms with Gasteiger partial charge >= 0.3 is 5.63 Å². The first-order chi connectivity index (χ1) is 17.4. The summed E-state index contributed by atoms with van der Waals surface area (Å²) in [5, 5.41) is 2.98. The number of H-pyrrole nitrogens is 1. The summed E-state index contributed by atoms with van der Waals surface area (Å²) in [6.45, 7) is 5.15. The average molecular weight is 526 g/mol. The van der Waals surface area contributed by atoms with E-state index in [0.717, 1.165) is 78.3 Å². The number of benzene rings is 1. The first-order valence-electron chi connectivity index (χ1n) is 12.2. The highest BCUT2D eigenvalue weighted by Gasteiger charge is 2.26. The minimum Gasteiger partial charge on any atom is -0.423 e. The van der Waals surface area contributed by atoms with Gasteiger partial charge < -0.3 is 30.7 Å². The van der Waals surface area contributed by atoms with Gasteiger partial charge in [0.15, 0.2) is 5.16 Å². The van der Waals surface area contributed by atoms with Crippen molar-refractivity contribution in [1.29, 1.82) is 0 Å². The second kappa shape index (κ2) is 9.26. The molecule has 0 bridgehead atoms. The molecule has 0 amide bonds. The highest BCUT2D eigenvalue weighted by Crippen LogP contribution is 2.38. The summed E-state index contributed by atoms with van der Waals surface area (Å²) in [7, 11) is 0. The van der Waals surface area contributed by atoms with Gasteiger partial charge in [-0.2, -0.15) is 0 Å². The monoisotopic (exact) mass is 525 g/mol. The normalized spacial score (nSPS) is 20.3. The molecule has 11 heteroatoms. The van der Waals surface area contributed by atoms with Gasteiger partial charge in [-0.25, -0.2) is 14.8 Å². The number of nitrogens with two attached hydrogens (primary N) is 2. The van der Waals surface area contributed by atoms with Crippen LogP contribution in [0.25, 0.3) is 22.0 Å². The van der Waals surface area contributed by atoms with Crippen molar-refractivity contribution in [3.05, 3.63) is 45.4 Å². The zero-order valence-corrected chi connectivity index (χ0v) is 21.5. The van der Waals surface area contributed by atoms with Crippen LogP contribution in [0.2, 0.25) is 5.02 Å². The number of aromatic amines is 1. The molecule has 36 heavy (non-hydrogen) atoms. The van der Waals surface area contributed by atoms with E-state index in [0.29, 0.717) is 21.4 Å². The van der Waals surface area contributed by atoms with E-state index in [1.54, 1.807) is 6.07 Å². The minimum absolute atomic E-state index is 0.109. The Kier molecular flexibility index (Phi) is 6.07. The van der Waals surface area contributed by atoms with Crippen LogP contribution < -0.4 is 26.9 Å². The molecule has 0 saturated carbocycles. The molecule has 0 spiro atoms. The maximum atomic E-state index is 12.4. The lowest BCUT2D eigenvalue weighted by Crippen LogP contribution is -2.27. The van der Waals surface area contributed by atoms with Crippen molar-refractivity contribution >= 4 is 56.9 Å². The van der Waals surface area contributed by atoms with Crippen molar-refractivity contribution in [3.8, 4) is 0 Å². The topological polar surface area (TPSA) is 130 Å². The molecule has 5 heterocycles. The van der Waals surface area contributed by atoms with Gasteiger partial charge in [0.2, 0.25) is 0 Å². The molecule has 2 aliphatic rings. The number of hydrogen-bond acceptors (Lipinski definition) is 9. The lowest BCUT2D eigenvalue weighted by Gasteiger charge is -2.19.